The van der Waals surface area contributed by atoms with Crippen molar-refractivity contribution >= 4 is 16.7 Å². The quantitative estimate of drug-likeness (QED) is 0.791. The minimum Gasteiger partial charge on any atom is -0.351 e. The van der Waals surface area contributed by atoms with Crippen LogP contribution in [-0.4, -0.2) is 28.2 Å². The van der Waals surface area contributed by atoms with Crippen LogP contribution < -0.4 is 5.32 Å². The van der Waals surface area contributed by atoms with Crippen LogP contribution in [0.5, 0.6) is 0 Å². The Bertz CT molecular complexity index is 354. The van der Waals surface area contributed by atoms with Gasteiger partial charge in [-0.25, -0.2) is 0 Å². The van der Waals surface area contributed by atoms with Gasteiger partial charge < -0.3 is 5.32 Å². The van der Waals surface area contributed by atoms with E-state index in [9.17, 15) is 14.3 Å². The van der Waals surface area contributed by atoms with Crippen LogP contribution in [0.15, 0.2) is 0 Å². The van der Waals surface area contributed by atoms with Crippen LogP contribution in [0.2, 0.25) is 0 Å². The van der Waals surface area contributed by atoms with Gasteiger partial charge in [0.25, 0.3) is 0 Å². The van der Waals surface area contributed by atoms with Crippen molar-refractivity contribution < 1.29 is 9.00 Å². The van der Waals surface area contributed by atoms with E-state index >= 15 is 0 Å². The third-order valence-electron chi connectivity index (χ3n) is 3.47. The normalized spacial score (nSPS) is 22.3. The third-order valence-corrected chi connectivity index (χ3v) is 4.44. The second-order valence-electron chi connectivity index (χ2n) is 5.22. The monoisotopic (exact) mass is 270 g/mol. The molecule has 0 aromatic rings. The van der Waals surface area contributed by atoms with Gasteiger partial charge in [0.15, 0.2) is 0 Å². The summed E-state index contributed by atoms with van der Waals surface area (Å²) in [5.41, 5.74) is -0.861. The van der Waals surface area contributed by atoms with Gasteiger partial charge in [-0.2, -0.15) is 5.26 Å². The van der Waals surface area contributed by atoms with Gasteiger partial charge >= 0.3 is 0 Å². The summed E-state index contributed by atoms with van der Waals surface area (Å²) >= 11 is 0. The summed E-state index contributed by atoms with van der Waals surface area (Å²) in [7, 11) is -0.934. The lowest BCUT2D eigenvalue weighted by molar-refractivity contribution is -0.129. The zero-order valence-electron chi connectivity index (χ0n) is 11.2. The Morgan fingerprint density at radius 1 is 1.39 bits per heavy atom. The minimum absolute atomic E-state index is 0.142. The standard InChI is InChI=1S/C13H22N2O2S/c1-11(9-18(2)17)15-12(16)13(10-14)7-5-3-4-6-8-13/h11H,3-9H2,1-2H3,(H,15,16). The second-order valence-corrected chi connectivity index (χ2v) is 6.70. The molecule has 0 saturated heterocycles. The van der Waals surface area contributed by atoms with Gasteiger partial charge in [0.2, 0.25) is 5.91 Å². The molecule has 4 nitrogen and oxygen atoms in total. The Hall–Kier alpha value is -0.890. The predicted molar refractivity (Wildman–Crippen MR) is 72.3 cm³/mol. The molecule has 1 aliphatic rings. The molecule has 1 saturated carbocycles. The van der Waals surface area contributed by atoms with Gasteiger partial charge in [0.1, 0.15) is 5.41 Å². The van der Waals surface area contributed by atoms with E-state index in [2.05, 4.69) is 11.4 Å². The number of hydrogen-bond donors (Lipinski definition) is 1. The predicted octanol–water partition coefficient (Wildman–Crippen LogP) is 1.73. The highest BCUT2D eigenvalue weighted by atomic mass is 32.2. The molecular weight excluding hydrogens is 248 g/mol. The van der Waals surface area contributed by atoms with E-state index in [-0.39, 0.29) is 11.9 Å². The summed E-state index contributed by atoms with van der Waals surface area (Å²) in [5, 5.41) is 12.2. The van der Waals surface area contributed by atoms with Crippen molar-refractivity contribution in [1.82, 2.24) is 5.32 Å². The fourth-order valence-electron chi connectivity index (χ4n) is 2.48. The maximum atomic E-state index is 12.3. The highest BCUT2D eigenvalue weighted by molar-refractivity contribution is 7.84. The fourth-order valence-corrected chi connectivity index (χ4v) is 3.26. The average molecular weight is 270 g/mol. The van der Waals surface area contributed by atoms with Crippen LogP contribution in [-0.2, 0) is 15.6 Å². The lowest BCUT2D eigenvalue weighted by Gasteiger charge is -2.25. The molecule has 1 amide bonds. The number of nitriles is 1. The molecule has 1 rings (SSSR count). The zero-order chi connectivity index (χ0) is 13.6. The number of nitrogens with one attached hydrogen (secondary N) is 1. The van der Waals surface area contributed by atoms with Crippen LogP contribution in [0.1, 0.15) is 45.4 Å². The van der Waals surface area contributed by atoms with Crippen molar-refractivity contribution in [1.29, 1.82) is 5.26 Å². The molecular formula is C13H22N2O2S. The zero-order valence-corrected chi connectivity index (χ0v) is 12.0. The Balaban J connectivity index is 2.66. The van der Waals surface area contributed by atoms with Crippen molar-refractivity contribution in [2.45, 2.75) is 51.5 Å². The van der Waals surface area contributed by atoms with E-state index in [1.54, 1.807) is 6.26 Å². The number of rotatable bonds is 4. The lowest BCUT2D eigenvalue weighted by Crippen LogP contribution is -2.45. The van der Waals surface area contributed by atoms with E-state index < -0.39 is 16.2 Å². The molecule has 1 aliphatic carbocycles. The van der Waals surface area contributed by atoms with Crippen LogP contribution >= 0.6 is 0 Å². The Morgan fingerprint density at radius 2 is 1.94 bits per heavy atom. The molecule has 2 atom stereocenters. The summed E-state index contributed by atoms with van der Waals surface area (Å²) in [6, 6.07) is 2.09. The molecule has 102 valence electrons. The summed E-state index contributed by atoms with van der Waals surface area (Å²) < 4.78 is 11.1. The average Bonchev–Trinajstić information content (AvgIpc) is 2.53. The smallest absolute Gasteiger partial charge is 0.240 e. The first-order valence-corrected chi connectivity index (χ1v) is 8.25. The number of carbonyl (C=O) groups is 1. The molecule has 0 heterocycles. The van der Waals surface area contributed by atoms with Crippen LogP contribution in [0, 0.1) is 16.7 Å². The second kappa shape index (κ2) is 6.89. The number of hydrogen-bond acceptors (Lipinski definition) is 3. The summed E-state index contributed by atoms with van der Waals surface area (Å²) in [6.07, 6.45) is 7.00. The molecule has 0 spiro atoms. The van der Waals surface area contributed by atoms with E-state index in [4.69, 9.17) is 0 Å². The largest absolute Gasteiger partial charge is 0.351 e. The summed E-state index contributed by atoms with van der Waals surface area (Å²) in [6.45, 7) is 1.83. The molecule has 1 N–H and O–H groups in total. The molecule has 0 aromatic heterocycles. The van der Waals surface area contributed by atoms with Crippen molar-refractivity contribution in [3.05, 3.63) is 0 Å². The van der Waals surface area contributed by atoms with Gasteiger partial charge in [-0.15, -0.1) is 0 Å². The third kappa shape index (κ3) is 4.09. The van der Waals surface area contributed by atoms with E-state index in [0.29, 0.717) is 18.6 Å². The Labute approximate surface area is 112 Å². The molecule has 0 radical (unpaired) electrons. The summed E-state index contributed by atoms with van der Waals surface area (Å²) in [4.78, 5) is 12.3. The van der Waals surface area contributed by atoms with Crippen molar-refractivity contribution in [2.24, 2.45) is 5.41 Å². The number of carbonyl (C=O) groups excluding carboxylic acids is 1. The molecule has 0 bridgehead atoms. The van der Waals surface area contributed by atoms with E-state index in [1.165, 1.54) is 0 Å². The maximum Gasteiger partial charge on any atom is 0.240 e. The molecule has 0 aromatic carbocycles. The minimum atomic E-state index is -0.934. The molecule has 2 unspecified atom stereocenters. The highest BCUT2D eigenvalue weighted by Crippen LogP contribution is 2.34. The highest BCUT2D eigenvalue weighted by Gasteiger charge is 2.39. The van der Waals surface area contributed by atoms with Crippen molar-refractivity contribution in [3.8, 4) is 6.07 Å². The molecule has 0 aliphatic heterocycles. The first-order valence-electron chi connectivity index (χ1n) is 6.52. The van der Waals surface area contributed by atoms with Gasteiger partial charge in [-0.05, 0) is 19.8 Å². The van der Waals surface area contributed by atoms with Crippen molar-refractivity contribution in [2.75, 3.05) is 12.0 Å². The van der Waals surface area contributed by atoms with Gasteiger partial charge in [0.05, 0.1) is 6.07 Å². The first-order chi connectivity index (χ1) is 8.50. The van der Waals surface area contributed by atoms with Gasteiger partial charge in [0, 0.05) is 28.9 Å². The van der Waals surface area contributed by atoms with Gasteiger partial charge in [-0.1, -0.05) is 25.7 Å². The fraction of sp³-hybridized carbons (Fsp3) is 0.846. The number of nitrogens with zero attached hydrogens (tertiary/aromatic N) is 1. The van der Waals surface area contributed by atoms with Crippen molar-refractivity contribution in [3.63, 3.8) is 0 Å². The van der Waals surface area contributed by atoms with Crippen LogP contribution in [0.25, 0.3) is 0 Å². The topological polar surface area (TPSA) is 70.0 Å². The van der Waals surface area contributed by atoms with E-state index in [0.717, 1.165) is 25.7 Å². The van der Waals surface area contributed by atoms with Crippen LogP contribution in [0.4, 0.5) is 0 Å². The Kier molecular flexibility index (Phi) is 5.80. The SMILES string of the molecule is CC(CS(C)=O)NC(=O)C1(C#N)CCCCCC1. The Morgan fingerprint density at radius 3 is 2.39 bits per heavy atom. The lowest BCUT2D eigenvalue weighted by atomic mass is 9.81. The molecule has 18 heavy (non-hydrogen) atoms. The van der Waals surface area contributed by atoms with Crippen LogP contribution in [0.3, 0.4) is 0 Å². The van der Waals surface area contributed by atoms with E-state index in [1.807, 2.05) is 6.92 Å². The molecule has 1 fully saturated rings. The maximum absolute atomic E-state index is 12.3. The van der Waals surface area contributed by atoms with Gasteiger partial charge in [-0.3, -0.25) is 9.00 Å². The molecule has 5 heteroatoms. The first kappa shape index (κ1) is 15.2. The number of amides is 1. The summed E-state index contributed by atoms with van der Waals surface area (Å²) in [5.74, 6) is 0.262.